The molecule has 0 radical (unpaired) electrons. The van der Waals surface area contributed by atoms with Crippen LogP contribution in [0.25, 0.3) is 0 Å². The average molecular weight is 271 g/mol. The summed E-state index contributed by atoms with van der Waals surface area (Å²) in [6, 6.07) is 7.83. The number of hydrogen-bond acceptors (Lipinski definition) is 4. The van der Waals surface area contributed by atoms with Crippen molar-refractivity contribution >= 4 is 5.82 Å². The summed E-state index contributed by atoms with van der Waals surface area (Å²) >= 11 is 0. The summed E-state index contributed by atoms with van der Waals surface area (Å²) in [7, 11) is 1.84. The molecule has 0 amide bonds. The van der Waals surface area contributed by atoms with Crippen LogP contribution in [0.15, 0.2) is 24.3 Å². The van der Waals surface area contributed by atoms with E-state index >= 15 is 0 Å². The van der Waals surface area contributed by atoms with Gasteiger partial charge in [-0.15, -0.1) is 0 Å². The second-order valence-corrected chi connectivity index (χ2v) is 5.15. The first-order valence-electron chi connectivity index (χ1n) is 6.82. The molecule has 0 aliphatic rings. The van der Waals surface area contributed by atoms with Crippen molar-refractivity contribution in [2.75, 3.05) is 12.4 Å². The highest BCUT2D eigenvalue weighted by atomic mass is 16.5. The molecule has 0 aliphatic carbocycles. The number of nitrogens with one attached hydrogen (secondary N) is 1. The summed E-state index contributed by atoms with van der Waals surface area (Å²) in [5, 5.41) is 3.04. The molecule has 20 heavy (non-hydrogen) atoms. The van der Waals surface area contributed by atoms with E-state index in [0.29, 0.717) is 5.88 Å². The lowest BCUT2D eigenvalue weighted by atomic mass is 10.1. The molecule has 0 saturated carbocycles. The molecule has 0 aliphatic heterocycles. The molecule has 1 N–H and O–H groups in total. The van der Waals surface area contributed by atoms with E-state index in [2.05, 4.69) is 42.1 Å². The molecule has 0 saturated heterocycles. The van der Waals surface area contributed by atoms with E-state index in [4.69, 9.17) is 4.74 Å². The molecule has 1 aromatic carbocycles. The van der Waals surface area contributed by atoms with Crippen molar-refractivity contribution in [3.63, 3.8) is 0 Å². The van der Waals surface area contributed by atoms with Gasteiger partial charge in [-0.05, 0) is 31.0 Å². The van der Waals surface area contributed by atoms with Gasteiger partial charge in [0.1, 0.15) is 17.4 Å². The van der Waals surface area contributed by atoms with Gasteiger partial charge in [-0.3, -0.25) is 0 Å². The molecule has 2 aromatic rings. The minimum absolute atomic E-state index is 0.254. The van der Waals surface area contributed by atoms with Crippen molar-refractivity contribution in [3.05, 3.63) is 41.2 Å². The summed E-state index contributed by atoms with van der Waals surface area (Å²) in [6.45, 7) is 8.25. The lowest BCUT2D eigenvalue weighted by Gasteiger charge is -2.13. The van der Waals surface area contributed by atoms with E-state index in [0.717, 1.165) is 23.0 Å². The number of anilines is 1. The average Bonchev–Trinajstić information content (AvgIpc) is 2.43. The Morgan fingerprint density at radius 2 is 1.90 bits per heavy atom. The normalized spacial score (nSPS) is 10.7. The third kappa shape index (κ3) is 3.07. The minimum atomic E-state index is 0.254. The van der Waals surface area contributed by atoms with Crippen LogP contribution in [0.3, 0.4) is 0 Å². The van der Waals surface area contributed by atoms with Crippen LogP contribution in [0.2, 0.25) is 0 Å². The van der Waals surface area contributed by atoms with Gasteiger partial charge in [0.2, 0.25) is 5.88 Å². The van der Waals surface area contributed by atoms with E-state index in [1.165, 1.54) is 5.56 Å². The number of benzene rings is 1. The summed E-state index contributed by atoms with van der Waals surface area (Å²) in [6.07, 6.45) is 0. The fourth-order valence-electron chi connectivity index (χ4n) is 1.83. The van der Waals surface area contributed by atoms with Crippen molar-refractivity contribution in [1.29, 1.82) is 0 Å². The first-order chi connectivity index (χ1) is 9.51. The minimum Gasteiger partial charge on any atom is -0.439 e. The van der Waals surface area contributed by atoms with Gasteiger partial charge in [0.05, 0.1) is 0 Å². The van der Waals surface area contributed by atoms with Crippen molar-refractivity contribution in [1.82, 2.24) is 9.97 Å². The molecule has 0 spiro atoms. The predicted octanol–water partition coefficient (Wildman–Crippen LogP) is 4.05. The Morgan fingerprint density at radius 3 is 2.55 bits per heavy atom. The zero-order valence-electron chi connectivity index (χ0n) is 12.7. The molecule has 4 heteroatoms. The van der Waals surface area contributed by atoms with E-state index in [1.54, 1.807) is 0 Å². The first kappa shape index (κ1) is 14.3. The van der Waals surface area contributed by atoms with E-state index in [-0.39, 0.29) is 5.92 Å². The van der Waals surface area contributed by atoms with Gasteiger partial charge >= 0.3 is 0 Å². The maximum Gasteiger partial charge on any atom is 0.224 e. The standard InChI is InChI=1S/C16H21N3O/c1-10(2)16-18-14(17-5)9-15(19-16)20-13-8-6-7-11(3)12(13)4/h6-10H,1-5H3,(H,17,18,19). The fraction of sp³-hybridized carbons (Fsp3) is 0.375. The van der Waals surface area contributed by atoms with E-state index < -0.39 is 0 Å². The van der Waals surface area contributed by atoms with Gasteiger partial charge in [0, 0.05) is 19.0 Å². The van der Waals surface area contributed by atoms with Gasteiger partial charge in [-0.2, -0.15) is 4.98 Å². The zero-order chi connectivity index (χ0) is 14.7. The zero-order valence-corrected chi connectivity index (χ0v) is 12.7. The van der Waals surface area contributed by atoms with Crippen molar-refractivity contribution in [2.24, 2.45) is 0 Å². The van der Waals surface area contributed by atoms with Crippen LogP contribution in [0, 0.1) is 13.8 Å². The smallest absolute Gasteiger partial charge is 0.224 e. The molecule has 0 unspecified atom stereocenters. The van der Waals surface area contributed by atoms with E-state index in [1.807, 2.05) is 32.2 Å². The largest absolute Gasteiger partial charge is 0.439 e. The Morgan fingerprint density at radius 1 is 1.15 bits per heavy atom. The maximum atomic E-state index is 5.93. The second kappa shape index (κ2) is 5.90. The third-order valence-corrected chi connectivity index (χ3v) is 3.26. The summed E-state index contributed by atoms with van der Waals surface area (Å²) in [4.78, 5) is 8.90. The summed E-state index contributed by atoms with van der Waals surface area (Å²) in [5.41, 5.74) is 2.33. The summed E-state index contributed by atoms with van der Waals surface area (Å²) < 4.78 is 5.93. The number of aryl methyl sites for hydroxylation is 1. The van der Waals surface area contributed by atoms with Crippen molar-refractivity contribution in [3.8, 4) is 11.6 Å². The summed E-state index contributed by atoms with van der Waals surface area (Å²) in [5.74, 6) is 3.20. The lowest BCUT2D eigenvalue weighted by Crippen LogP contribution is -2.03. The van der Waals surface area contributed by atoms with Crippen LogP contribution in [0.4, 0.5) is 5.82 Å². The fourth-order valence-corrected chi connectivity index (χ4v) is 1.83. The molecule has 0 atom stereocenters. The van der Waals surface area contributed by atoms with Gasteiger partial charge in [0.15, 0.2) is 0 Å². The molecule has 106 valence electrons. The van der Waals surface area contributed by atoms with Crippen LogP contribution in [-0.4, -0.2) is 17.0 Å². The number of rotatable bonds is 4. The Kier molecular flexibility index (Phi) is 4.23. The Balaban J connectivity index is 2.37. The van der Waals surface area contributed by atoms with Crippen LogP contribution in [0.5, 0.6) is 11.6 Å². The van der Waals surface area contributed by atoms with Gasteiger partial charge in [0.25, 0.3) is 0 Å². The molecule has 0 fully saturated rings. The quantitative estimate of drug-likeness (QED) is 0.911. The topological polar surface area (TPSA) is 47.0 Å². The van der Waals surface area contributed by atoms with E-state index in [9.17, 15) is 0 Å². The predicted molar refractivity (Wildman–Crippen MR) is 81.7 cm³/mol. The SMILES string of the molecule is CNc1cc(Oc2cccc(C)c2C)nc(C(C)C)n1. The molecule has 2 rings (SSSR count). The molecular weight excluding hydrogens is 250 g/mol. The highest BCUT2D eigenvalue weighted by Gasteiger charge is 2.10. The maximum absolute atomic E-state index is 5.93. The van der Waals surface area contributed by atoms with Crippen molar-refractivity contribution < 1.29 is 4.74 Å². The number of aromatic nitrogens is 2. The Bertz CT molecular complexity index is 609. The van der Waals surface area contributed by atoms with Crippen LogP contribution >= 0.6 is 0 Å². The second-order valence-electron chi connectivity index (χ2n) is 5.15. The Hall–Kier alpha value is -2.10. The highest BCUT2D eigenvalue weighted by Crippen LogP contribution is 2.27. The molecule has 1 aromatic heterocycles. The van der Waals surface area contributed by atoms with Crippen molar-refractivity contribution in [2.45, 2.75) is 33.6 Å². The molecule has 0 bridgehead atoms. The van der Waals surface area contributed by atoms with Crippen LogP contribution in [-0.2, 0) is 0 Å². The molecular formula is C16H21N3O. The molecule has 4 nitrogen and oxygen atoms in total. The number of hydrogen-bond donors (Lipinski definition) is 1. The van der Waals surface area contributed by atoms with Crippen LogP contribution < -0.4 is 10.1 Å². The highest BCUT2D eigenvalue weighted by molar-refractivity contribution is 5.43. The van der Waals surface area contributed by atoms with Gasteiger partial charge < -0.3 is 10.1 Å². The van der Waals surface area contributed by atoms with Gasteiger partial charge in [-0.25, -0.2) is 4.98 Å². The third-order valence-electron chi connectivity index (χ3n) is 3.26. The lowest BCUT2D eigenvalue weighted by molar-refractivity contribution is 0.453. The number of ether oxygens (including phenoxy) is 1. The van der Waals surface area contributed by atoms with Crippen LogP contribution in [0.1, 0.15) is 36.7 Å². The monoisotopic (exact) mass is 271 g/mol. The van der Waals surface area contributed by atoms with Gasteiger partial charge in [-0.1, -0.05) is 26.0 Å². The molecule has 1 heterocycles. The number of nitrogens with zero attached hydrogens (tertiary/aromatic N) is 2. The Labute approximate surface area is 120 Å². The first-order valence-corrected chi connectivity index (χ1v) is 6.82.